The minimum absolute atomic E-state index is 0.290. The third-order valence-electron chi connectivity index (χ3n) is 3.48. The van der Waals surface area contributed by atoms with Crippen molar-refractivity contribution < 1.29 is 4.39 Å². The number of para-hydroxylation sites is 1. The van der Waals surface area contributed by atoms with Crippen LogP contribution in [0.15, 0.2) is 54.7 Å². The third kappa shape index (κ3) is 1.86. The molecule has 0 aliphatic carbocycles. The Morgan fingerprint density at radius 3 is 2.81 bits per heavy atom. The zero-order chi connectivity index (χ0) is 14.4. The highest BCUT2D eigenvalue weighted by Crippen LogP contribution is 2.26. The van der Waals surface area contributed by atoms with Gasteiger partial charge in [0.25, 0.3) is 0 Å². The molecule has 4 aromatic rings. The van der Waals surface area contributed by atoms with Gasteiger partial charge in [-0.1, -0.05) is 24.3 Å². The second-order valence-electron chi connectivity index (χ2n) is 4.78. The quantitative estimate of drug-likeness (QED) is 0.529. The lowest BCUT2D eigenvalue weighted by atomic mass is 10.2. The molecule has 0 aliphatic heterocycles. The predicted molar refractivity (Wildman–Crippen MR) is 83.7 cm³/mol. The minimum Gasteiger partial charge on any atom is -0.329 e. The van der Waals surface area contributed by atoms with E-state index in [2.05, 4.69) is 9.97 Å². The first-order valence-electron chi connectivity index (χ1n) is 6.48. The van der Waals surface area contributed by atoms with Crippen molar-refractivity contribution in [1.82, 2.24) is 14.5 Å². The maximum absolute atomic E-state index is 13.5. The van der Waals surface area contributed by atoms with Gasteiger partial charge in [-0.2, -0.15) is 0 Å². The Balaban J connectivity index is 2.20. The van der Waals surface area contributed by atoms with Gasteiger partial charge in [-0.3, -0.25) is 9.55 Å². The Hall–Kier alpha value is -2.53. The van der Waals surface area contributed by atoms with Gasteiger partial charge in [0.15, 0.2) is 4.77 Å². The number of halogens is 1. The van der Waals surface area contributed by atoms with Crippen LogP contribution in [0.2, 0.25) is 0 Å². The molecule has 0 amide bonds. The molecular formula is C16H10FN3S. The second-order valence-corrected chi connectivity index (χ2v) is 5.17. The summed E-state index contributed by atoms with van der Waals surface area (Å²) in [4.78, 5) is 7.54. The lowest BCUT2D eigenvalue weighted by Crippen LogP contribution is -1.95. The minimum atomic E-state index is -0.290. The molecule has 5 heteroatoms. The van der Waals surface area contributed by atoms with Gasteiger partial charge in [-0.25, -0.2) is 4.39 Å². The van der Waals surface area contributed by atoms with Crippen molar-refractivity contribution in [3.8, 4) is 5.69 Å². The first-order chi connectivity index (χ1) is 10.2. The van der Waals surface area contributed by atoms with Crippen LogP contribution in [0.1, 0.15) is 0 Å². The molecular weight excluding hydrogens is 285 g/mol. The van der Waals surface area contributed by atoms with Crippen molar-refractivity contribution in [3.63, 3.8) is 0 Å². The lowest BCUT2D eigenvalue weighted by Gasteiger charge is -2.06. The molecule has 0 atom stereocenters. The van der Waals surface area contributed by atoms with Crippen LogP contribution >= 0.6 is 12.2 Å². The average molecular weight is 295 g/mol. The fourth-order valence-corrected chi connectivity index (χ4v) is 2.90. The zero-order valence-electron chi connectivity index (χ0n) is 10.9. The van der Waals surface area contributed by atoms with Crippen molar-refractivity contribution >= 4 is 34.2 Å². The van der Waals surface area contributed by atoms with E-state index in [9.17, 15) is 4.39 Å². The molecule has 0 bridgehead atoms. The Bertz CT molecular complexity index is 1030. The SMILES string of the molecule is Fc1cccc(-n2c(=S)[nH]c3cnc4ccccc4c32)c1. The van der Waals surface area contributed by atoms with Gasteiger partial charge in [0.2, 0.25) is 0 Å². The van der Waals surface area contributed by atoms with E-state index < -0.39 is 0 Å². The fraction of sp³-hybridized carbons (Fsp3) is 0. The van der Waals surface area contributed by atoms with Crippen molar-refractivity contribution in [3.05, 3.63) is 65.3 Å². The summed E-state index contributed by atoms with van der Waals surface area (Å²) in [5.41, 5.74) is 3.32. The number of nitrogens with zero attached hydrogens (tertiary/aromatic N) is 2. The number of H-pyrrole nitrogens is 1. The maximum atomic E-state index is 13.5. The number of aromatic nitrogens is 3. The Morgan fingerprint density at radius 2 is 1.95 bits per heavy atom. The number of benzene rings is 2. The summed E-state index contributed by atoms with van der Waals surface area (Å²) in [5, 5.41) is 0.978. The molecule has 0 unspecified atom stereocenters. The van der Waals surface area contributed by atoms with Crippen LogP contribution in [0.5, 0.6) is 0 Å². The largest absolute Gasteiger partial charge is 0.329 e. The van der Waals surface area contributed by atoms with Gasteiger partial charge in [0.05, 0.1) is 28.4 Å². The van der Waals surface area contributed by atoms with Gasteiger partial charge < -0.3 is 4.98 Å². The van der Waals surface area contributed by atoms with Crippen molar-refractivity contribution in [2.75, 3.05) is 0 Å². The number of nitrogens with one attached hydrogen (secondary N) is 1. The highest BCUT2D eigenvalue weighted by molar-refractivity contribution is 7.71. The zero-order valence-corrected chi connectivity index (χ0v) is 11.7. The molecule has 2 aromatic heterocycles. The first-order valence-corrected chi connectivity index (χ1v) is 6.89. The summed E-state index contributed by atoms with van der Waals surface area (Å²) in [5.74, 6) is -0.290. The van der Waals surface area contributed by atoms with Gasteiger partial charge in [0, 0.05) is 5.39 Å². The molecule has 0 spiro atoms. The number of aromatic amines is 1. The van der Waals surface area contributed by atoms with E-state index in [1.165, 1.54) is 12.1 Å². The molecule has 3 nitrogen and oxygen atoms in total. The number of rotatable bonds is 1. The second kappa shape index (κ2) is 4.49. The summed E-state index contributed by atoms with van der Waals surface area (Å²) in [6.07, 6.45) is 1.75. The Morgan fingerprint density at radius 1 is 1.10 bits per heavy atom. The monoisotopic (exact) mass is 295 g/mol. The van der Waals surface area contributed by atoms with Crippen molar-refractivity contribution in [2.45, 2.75) is 0 Å². The summed E-state index contributed by atoms with van der Waals surface area (Å²) in [6, 6.07) is 14.2. The molecule has 102 valence electrons. The van der Waals surface area contributed by atoms with Gasteiger partial charge in [0.1, 0.15) is 5.82 Å². The van der Waals surface area contributed by atoms with E-state index in [1.807, 2.05) is 34.9 Å². The summed E-state index contributed by atoms with van der Waals surface area (Å²) in [6.45, 7) is 0. The molecule has 2 aromatic carbocycles. The van der Waals surface area contributed by atoms with Gasteiger partial charge in [-0.05, 0) is 36.5 Å². The molecule has 1 N–H and O–H groups in total. The van der Waals surface area contributed by atoms with Crippen molar-refractivity contribution in [2.24, 2.45) is 0 Å². The standard InChI is InChI=1S/C16H10FN3S/c17-10-4-3-5-11(8-10)20-15-12-6-1-2-7-13(12)18-9-14(15)19-16(20)21/h1-9H,(H,19,21). The molecule has 0 saturated heterocycles. The number of pyridine rings is 1. The predicted octanol–water partition coefficient (Wildman–Crippen LogP) is 4.38. The van der Waals surface area contributed by atoms with Crippen LogP contribution in [0.3, 0.4) is 0 Å². The Kier molecular flexibility index (Phi) is 2.62. The van der Waals surface area contributed by atoms with E-state index in [-0.39, 0.29) is 5.82 Å². The number of fused-ring (bicyclic) bond motifs is 3. The first kappa shape index (κ1) is 12.2. The Labute approximate surface area is 124 Å². The topological polar surface area (TPSA) is 33.6 Å². The smallest absolute Gasteiger partial charge is 0.182 e. The number of hydrogen-bond donors (Lipinski definition) is 1. The molecule has 21 heavy (non-hydrogen) atoms. The normalized spacial score (nSPS) is 11.3. The van der Waals surface area contributed by atoms with Crippen LogP contribution in [0.25, 0.3) is 27.6 Å². The third-order valence-corrected chi connectivity index (χ3v) is 3.77. The van der Waals surface area contributed by atoms with Gasteiger partial charge in [-0.15, -0.1) is 0 Å². The summed E-state index contributed by atoms with van der Waals surface area (Å²) in [7, 11) is 0. The highest BCUT2D eigenvalue weighted by atomic mass is 32.1. The van der Waals surface area contributed by atoms with E-state index in [1.54, 1.807) is 12.3 Å². The highest BCUT2D eigenvalue weighted by Gasteiger charge is 2.11. The molecule has 0 aliphatic rings. The average Bonchev–Trinajstić information content (AvgIpc) is 2.83. The van der Waals surface area contributed by atoms with Crippen LogP contribution in [-0.2, 0) is 0 Å². The summed E-state index contributed by atoms with van der Waals surface area (Å²) >= 11 is 5.40. The van der Waals surface area contributed by atoms with Crippen LogP contribution in [-0.4, -0.2) is 14.5 Å². The van der Waals surface area contributed by atoms with Crippen LogP contribution < -0.4 is 0 Å². The van der Waals surface area contributed by atoms with Crippen LogP contribution in [0, 0.1) is 10.6 Å². The van der Waals surface area contributed by atoms with E-state index >= 15 is 0 Å². The number of imidazole rings is 1. The van der Waals surface area contributed by atoms with E-state index in [0.717, 1.165) is 21.9 Å². The van der Waals surface area contributed by atoms with E-state index in [0.29, 0.717) is 10.5 Å². The molecule has 0 fully saturated rings. The van der Waals surface area contributed by atoms with Crippen molar-refractivity contribution in [1.29, 1.82) is 0 Å². The van der Waals surface area contributed by atoms with Gasteiger partial charge >= 0.3 is 0 Å². The summed E-state index contributed by atoms with van der Waals surface area (Å²) < 4.78 is 15.9. The molecule has 0 saturated carbocycles. The molecule has 4 rings (SSSR count). The van der Waals surface area contributed by atoms with Crippen LogP contribution in [0.4, 0.5) is 4.39 Å². The van der Waals surface area contributed by atoms with E-state index in [4.69, 9.17) is 12.2 Å². The lowest BCUT2D eigenvalue weighted by molar-refractivity contribution is 0.626. The maximum Gasteiger partial charge on any atom is 0.182 e. The fourth-order valence-electron chi connectivity index (χ4n) is 2.59. The number of hydrogen-bond acceptors (Lipinski definition) is 2. The molecule has 2 heterocycles. The molecule has 0 radical (unpaired) electrons.